The lowest BCUT2D eigenvalue weighted by atomic mass is 10.1. The lowest BCUT2D eigenvalue weighted by molar-refractivity contribution is 0.815. The van der Waals surface area contributed by atoms with E-state index in [0.29, 0.717) is 5.92 Å². The molecule has 0 unspecified atom stereocenters. The van der Waals surface area contributed by atoms with Crippen molar-refractivity contribution in [2.24, 2.45) is 0 Å². The third kappa shape index (κ3) is 2.36. The van der Waals surface area contributed by atoms with Gasteiger partial charge in [0.25, 0.3) is 0 Å². The summed E-state index contributed by atoms with van der Waals surface area (Å²) in [5.41, 5.74) is 2.51. The molecule has 0 saturated heterocycles. The van der Waals surface area contributed by atoms with Crippen LogP contribution in [0.3, 0.4) is 0 Å². The van der Waals surface area contributed by atoms with Crippen molar-refractivity contribution in [1.82, 2.24) is 15.0 Å². The predicted octanol–water partition coefficient (Wildman–Crippen LogP) is 3.32. The monoisotopic (exact) mass is 233 g/mol. The topological polar surface area (TPSA) is 38.7 Å². The van der Waals surface area contributed by atoms with E-state index in [-0.39, 0.29) is 5.28 Å². The summed E-state index contributed by atoms with van der Waals surface area (Å²) < 4.78 is 0. The van der Waals surface area contributed by atoms with Crippen LogP contribution in [0.1, 0.15) is 25.5 Å². The predicted molar refractivity (Wildman–Crippen MR) is 64.4 cm³/mol. The van der Waals surface area contributed by atoms with E-state index in [9.17, 15) is 0 Å². The minimum Gasteiger partial charge on any atom is -0.255 e. The van der Waals surface area contributed by atoms with Gasteiger partial charge in [0.05, 0.1) is 11.4 Å². The van der Waals surface area contributed by atoms with Crippen molar-refractivity contribution in [1.29, 1.82) is 0 Å². The molecule has 2 aromatic heterocycles. The second-order valence-electron chi connectivity index (χ2n) is 3.82. The van der Waals surface area contributed by atoms with Crippen LogP contribution in [0.5, 0.6) is 0 Å². The van der Waals surface area contributed by atoms with Crippen molar-refractivity contribution >= 4 is 11.6 Å². The fourth-order valence-corrected chi connectivity index (χ4v) is 1.57. The van der Waals surface area contributed by atoms with Crippen LogP contribution in [0.25, 0.3) is 11.4 Å². The zero-order chi connectivity index (χ0) is 11.5. The highest BCUT2D eigenvalue weighted by Gasteiger charge is 2.08. The summed E-state index contributed by atoms with van der Waals surface area (Å²) in [6, 6.07) is 7.63. The van der Waals surface area contributed by atoms with E-state index in [2.05, 4.69) is 28.8 Å². The van der Waals surface area contributed by atoms with Crippen LogP contribution in [0, 0.1) is 0 Å². The Morgan fingerprint density at radius 2 is 1.94 bits per heavy atom. The van der Waals surface area contributed by atoms with Crippen molar-refractivity contribution in [2.75, 3.05) is 0 Å². The van der Waals surface area contributed by atoms with E-state index in [1.165, 1.54) is 0 Å². The van der Waals surface area contributed by atoms with Crippen molar-refractivity contribution in [2.45, 2.75) is 19.8 Å². The molecular formula is C12H12ClN3. The maximum atomic E-state index is 5.89. The number of hydrogen-bond donors (Lipinski definition) is 0. The maximum absolute atomic E-state index is 5.89. The second kappa shape index (κ2) is 4.58. The van der Waals surface area contributed by atoms with Crippen LogP contribution >= 0.6 is 11.6 Å². The summed E-state index contributed by atoms with van der Waals surface area (Å²) in [5.74, 6) is 0.322. The third-order valence-electron chi connectivity index (χ3n) is 2.24. The molecule has 82 valence electrons. The Labute approximate surface area is 99.5 Å². The van der Waals surface area contributed by atoms with Gasteiger partial charge in [0.2, 0.25) is 5.28 Å². The lowest BCUT2D eigenvalue weighted by Gasteiger charge is -2.06. The SMILES string of the molecule is CC(C)c1cc(-c2ccccn2)nc(Cl)n1. The summed E-state index contributed by atoms with van der Waals surface area (Å²) in [4.78, 5) is 12.6. The van der Waals surface area contributed by atoms with Crippen LogP contribution < -0.4 is 0 Å². The number of nitrogens with zero attached hydrogens (tertiary/aromatic N) is 3. The summed E-state index contributed by atoms with van der Waals surface area (Å²) in [6.07, 6.45) is 1.74. The van der Waals surface area contributed by atoms with Crippen molar-refractivity contribution in [3.63, 3.8) is 0 Å². The van der Waals surface area contributed by atoms with Crippen LogP contribution in [-0.2, 0) is 0 Å². The van der Waals surface area contributed by atoms with Crippen molar-refractivity contribution in [3.05, 3.63) is 41.4 Å². The largest absolute Gasteiger partial charge is 0.255 e. The van der Waals surface area contributed by atoms with Gasteiger partial charge in [0, 0.05) is 11.9 Å². The molecule has 16 heavy (non-hydrogen) atoms. The highest BCUT2D eigenvalue weighted by molar-refractivity contribution is 6.28. The van der Waals surface area contributed by atoms with E-state index in [1.807, 2.05) is 24.3 Å². The van der Waals surface area contributed by atoms with Gasteiger partial charge in [-0.25, -0.2) is 9.97 Å². The molecule has 0 aromatic carbocycles. The molecule has 0 aliphatic heterocycles. The fourth-order valence-electron chi connectivity index (χ4n) is 1.38. The van der Waals surface area contributed by atoms with Gasteiger partial charge in [0.1, 0.15) is 0 Å². The zero-order valence-corrected chi connectivity index (χ0v) is 9.94. The van der Waals surface area contributed by atoms with Gasteiger partial charge in [-0.05, 0) is 35.7 Å². The number of hydrogen-bond acceptors (Lipinski definition) is 3. The number of halogens is 1. The number of aromatic nitrogens is 3. The lowest BCUT2D eigenvalue weighted by Crippen LogP contribution is -1.97. The molecule has 0 bridgehead atoms. The molecule has 0 amide bonds. The average Bonchev–Trinajstić information content (AvgIpc) is 2.29. The van der Waals surface area contributed by atoms with Crippen molar-refractivity contribution < 1.29 is 0 Å². The van der Waals surface area contributed by atoms with Crippen LogP contribution in [0.2, 0.25) is 5.28 Å². The Balaban J connectivity index is 2.50. The van der Waals surface area contributed by atoms with Crippen LogP contribution in [0.4, 0.5) is 0 Å². The molecule has 0 aliphatic rings. The number of pyridine rings is 1. The molecule has 0 atom stereocenters. The van der Waals surface area contributed by atoms with Crippen molar-refractivity contribution in [3.8, 4) is 11.4 Å². The van der Waals surface area contributed by atoms with Crippen LogP contribution in [0.15, 0.2) is 30.5 Å². The molecule has 0 saturated carbocycles. The van der Waals surface area contributed by atoms with E-state index in [1.54, 1.807) is 6.20 Å². The highest BCUT2D eigenvalue weighted by Crippen LogP contribution is 2.20. The summed E-state index contributed by atoms with van der Waals surface area (Å²) >= 11 is 5.89. The van der Waals surface area contributed by atoms with E-state index < -0.39 is 0 Å². The minimum absolute atomic E-state index is 0.270. The first kappa shape index (κ1) is 11.0. The Bertz CT molecular complexity index is 483. The molecule has 0 spiro atoms. The minimum atomic E-state index is 0.270. The standard InChI is InChI=1S/C12H12ClN3/c1-8(2)10-7-11(16-12(13)15-10)9-5-3-4-6-14-9/h3-8H,1-2H3. The smallest absolute Gasteiger partial charge is 0.223 e. The first-order chi connectivity index (χ1) is 7.66. The second-order valence-corrected chi connectivity index (χ2v) is 4.15. The van der Waals surface area contributed by atoms with Gasteiger partial charge < -0.3 is 0 Å². The normalized spacial score (nSPS) is 10.8. The summed E-state index contributed by atoms with van der Waals surface area (Å²) in [7, 11) is 0. The van der Waals surface area contributed by atoms with Gasteiger partial charge >= 0.3 is 0 Å². The molecule has 2 heterocycles. The molecule has 4 heteroatoms. The summed E-state index contributed by atoms with van der Waals surface area (Å²) in [6.45, 7) is 4.14. The quantitative estimate of drug-likeness (QED) is 0.747. The maximum Gasteiger partial charge on any atom is 0.223 e. The van der Waals surface area contributed by atoms with E-state index in [4.69, 9.17) is 11.6 Å². The molecule has 0 fully saturated rings. The fraction of sp³-hybridized carbons (Fsp3) is 0.250. The first-order valence-corrected chi connectivity index (χ1v) is 5.50. The Morgan fingerprint density at radius 3 is 2.56 bits per heavy atom. The molecule has 0 radical (unpaired) electrons. The molecule has 0 aliphatic carbocycles. The molecule has 0 N–H and O–H groups in total. The van der Waals surface area contributed by atoms with Gasteiger partial charge in [-0.2, -0.15) is 0 Å². The van der Waals surface area contributed by atoms with Gasteiger partial charge in [0.15, 0.2) is 0 Å². The van der Waals surface area contributed by atoms with E-state index >= 15 is 0 Å². The molecule has 3 nitrogen and oxygen atoms in total. The molecular weight excluding hydrogens is 222 g/mol. The Kier molecular flexibility index (Phi) is 3.15. The molecule has 2 rings (SSSR count). The Hall–Kier alpha value is -1.48. The third-order valence-corrected chi connectivity index (χ3v) is 2.41. The highest BCUT2D eigenvalue weighted by atomic mass is 35.5. The summed E-state index contributed by atoms with van der Waals surface area (Å²) in [5, 5.41) is 0.270. The van der Waals surface area contributed by atoms with Crippen LogP contribution in [-0.4, -0.2) is 15.0 Å². The molecule has 2 aromatic rings. The zero-order valence-electron chi connectivity index (χ0n) is 9.18. The van der Waals surface area contributed by atoms with Gasteiger partial charge in [-0.3, -0.25) is 4.98 Å². The number of rotatable bonds is 2. The Morgan fingerprint density at radius 1 is 1.12 bits per heavy atom. The van der Waals surface area contributed by atoms with Gasteiger partial charge in [-0.15, -0.1) is 0 Å². The van der Waals surface area contributed by atoms with E-state index in [0.717, 1.165) is 17.1 Å². The average molecular weight is 234 g/mol. The van der Waals surface area contributed by atoms with Gasteiger partial charge in [-0.1, -0.05) is 19.9 Å². The first-order valence-electron chi connectivity index (χ1n) is 5.12.